The summed E-state index contributed by atoms with van der Waals surface area (Å²) >= 11 is 0. The molecule has 0 radical (unpaired) electrons. The fourth-order valence-corrected chi connectivity index (χ4v) is 5.19. The van der Waals surface area contributed by atoms with Crippen LogP contribution in [-0.4, -0.2) is 65.6 Å². The number of urea groups is 1. The second kappa shape index (κ2) is 8.25. The van der Waals surface area contributed by atoms with Gasteiger partial charge in [-0.25, -0.2) is 18.6 Å². The van der Waals surface area contributed by atoms with Gasteiger partial charge < -0.3 is 25.8 Å². The van der Waals surface area contributed by atoms with Crippen LogP contribution in [0.25, 0.3) is 0 Å². The fourth-order valence-electron chi connectivity index (χ4n) is 5.19. The summed E-state index contributed by atoms with van der Waals surface area (Å²) in [6, 6.07) is -0.577. The van der Waals surface area contributed by atoms with Gasteiger partial charge in [0, 0.05) is 44.6 Å². The molecule has 0 saturated heterocycles. The summed E-state index contributed by atoms with van der Waals surface area (Å²) in [5.74, 6) is -1.18. The van der Waals surface area contributed by atoms with Crippen LogP contribution in [-0.2, 0) is 11.2 Å². The van der Waals surface area contributed by atoms with Crippen LogP contribution in [0.2, 0.25) is 0 Å². The van der Waals surface area contributed by atoms with Gasteiger partial charge in [0.05, 0.1) is 5.69 Å². The van der Waals surface area contributed by atoms with Crippen molar-refractivity contribution < 1.29 is 18.4 Å². The van der Waals surface area contributed by atoms with E-state index < -0.39 is 5.92 Å². The number of likely N-dealkylation sites (N-methyl/N-ethyl adjacent to an activating group) is 1. The highest BCUT2D eigenvalue weighted by molar-refractivity contribution is 6.05. The number of aromatic nitrogens is 2. The molecular formula is C22H31F2N7O2. The highest BCUT2D eigenvalue weighted by atomic mass is 19.3. The fraction of sp³-hybridized carbons (Fsp3) is 0.727. The first-order valence-corrected chi connectivity index (χ1v) is 11.9. The van der Waals surface area contributed by atoms with Crippen molar-refractivity contribution in [1.82, 2.24) is 20.6 Å². The minimum atomic E-state index is -2.60. The van der Waals surface area contributed by atoms with Crippen molar-refractivity contribution in [2.75, 3.05) is 28.7 Å². The topological polar surface area (TPSA) is 102 Å². The van der Waals surface area contributed by atoms with E-state index in [2.05, 4.69) is 16.0 Å². The van der Waals surface area contributed by atoms with E-state index >= 15 is 0 Å². The second-order valence-corrected chi connectivity index (χ2v) is 9.80. The molecule has 2 saturated carbocycles. The van der Waals surface area contributed by atoms with Crippen LogP contribution in [0.3, 0.4) is 0 Å². The minimum absolute atomic E-state index is 0.0271. The van der Waals surface area contributed by atoms with Gasteiger partial charge in [-0.2, -0.15) is 4.98 Å². The van der Waals surface area contributed by atoms with E-state index in [1.807, 2.05) is 23.8 Å². The van der Waals surface area contributed by atoms with Crippen LogP contribution in [0.4, 0.5) is 31.0 Å². The maximum Gasteiger partial charge on any atom is 0.315 e. The van der Waals surface area contributed by atoms with Gasteiger partial charge in [-0.1, -0.05) is 0 Å². The number of hydrogen-bond acceptors (Lipinski definition) is 6. The molecule has 3 N–H and O–H groups in total. The minimum Gasteiger partial charge on any atom is -0.351 e. The molecule has 2 fully saturated rings. The quantitative estimate of drug-likeness (QED) is 0.634. The number of aryl methyl sites for hydroxylation is 1. The molecule has 2 aliphatic carbocycles. The number of nitrogens with one attached hydrogen (secondary N) is 3. The van der Waals surface area contributed by atoms with Gasteiger partial charge in [0.1, 0.15) is 11.7 Å². The maximum atomic E-state index is 13.3. The number of carbonyl (C=O) groups excluding carboxylic acids is 2. The molecule has 11 heteroatoms. The van der Waals surface area contributed by atoms with Gasteiger partial charge in [0.15, 0.2) is 5.82 Å². The number of rotatable bonds is 4. The molecule has 0 spiro atoms. The lowest BCUT2D eigenvalue weighted by molar-refractivity contribution is -0.119. The summed E-state index contributed by atoms with van der Waals surface area (Å²) in [7, 11) is 1.89. The predicted octanol–water partition coefficient (Wildman–Crippen LogP) is 2.41. The van der Waals surface area contributed by atoms with E-state index in [1.165, 1.54) is 0 Å². The summed E-state index contributed by atoms with van der Waals surface area (Å²) in [6.07, 6.45) is 3.45. The Hall–Kier alpha value is -2.72. The van der Waals surface area contributed by atoms with E-state index in [1.54, 1.807) is 0 Å². The first-order valence-electron chi connectivity index (χ1n) is 11.9. The van der Waals surface area contributed by atoms with Crippen molar-refractivity contribution in [3.8, 4) is 0 Å². The molecule has 1 aromatic heterocycles. The molecular weight excluding hydrogens is 432 g/mol. The standard InChI is InChI=1S/C22H31F2N7O2/c1-12-19(32)31-9-3-4-16-17(31)18(30(12)2)29-20(28-16)25-14-10-15(11-14)27-21(33)26-13-5-7-22(23,24)8-6-13/h12-15H,3-11H2,1-2H3,(H,25,28,29)(H2,26,27,33)/t12-,14?,15?/m0/s1. The molecule has 33 heavy (non-hydrogen) atoms. The molecule has 0 aromatic carbocycles. The van der Waals surface area contributed by atoms with Crippen LogP contribution in [0.1, 0.15) is 57.6 Å². The van der Waals surface area contributed by atoms with E-state index in [0.29, 0.717) is 25.3 Å². The van der Waals surface area contributed by atoms with E-state index in [4.69, 9.17) is 9.97 Å². The highest BCUT2D eigenvalue weighted by Crippen LogP contribution is 2.40. The first-order chi connectivity index (χ1) is 15.7. The number of carbonyl (C=O) groups is 2. The molecule has 9 nitrogen and oxygen atoms in total. The average Bonchev–Trinajstić information content (AvgIpc) is 2.75. The summed E-state index contributed by atoms with van der Waals surface area (Å²) < 4.78 is 26.5. The Morgan fingerprint density at radius 3 is 2.52 bits per heavy atom. The van der Waals surface area contributed by atoms with Crippen molar-refractivity contribution >= 4 is 29.4 Å². The van der Waals surface area contributed by atoms with Crippen molar-refractivity contribution in [1.29, 1.82) is 0 Å². The number of anilines is 3. The summed E-state index contributed by atoms with van der Waals surface area (Å²) in [6.45, 7) is 2.59. The SMILES string of the molecule is C[C@H]1C(=O)N2CCCc3nc(NC4CC(NC(=O)NC5CCC(F)(F)CC5)C4)nc(c32)N1C. The van der Waals surface area contributed by atoms with Crippen LogP contribution in [0.5, 0.6) is 0 Å². The molecule has 4 aliphatic rings. The Morgan fingerprint density at radius 1 is 1.09 bits per heavy atom. The molecule has 2 aliphatic heterocycles. The molecule has 1 atom stereocenters. The van der Waals surface area contributed by atoms with E-state index in [0.717, 1.165) is 42.9 Å². The number of amides is 3. The predicted molar refractivity (Wildman–Crippen MR) is 120 cm³/mol. The molecule has 180 valence electrons. The van der Waals surface area contributed by atoms with Crippen molar-refractivity contribution in [2.24, 2.45) is 0 Å². The molecule has 3 heterocycles. The lowest BCUT2D eigenvalue weighted by Crippen LogP contribution is -2.54. The smallest absolute Gasteiger partial charge is 0.315 e. The molecule has 3 amide bonds. The number of nitrogens with zero attached hydrogens (tertiary/aromatic N) is 4. The molecule has 0 bridgehead atoms. The van der Waals surface area contributed by atoms with Crippen molar-refractivity contribution in [3.63, 3.8) is 0 Å². The van der Waals surface area contributed by atoms with Crippen LogP contribution >= 0.6 is 0 Å². The third kappa shape index (κ3) is 4.29. The van der Waals surface area contributed by atoms with Gasteiger partial charge in [-0.05, 0) is 45.4 Å². The Labute approximate surface area is 191 Å². The Morgan fingerprint density at radius 2 is 1.79 bits per heavy atom. The Balaban J connectivity index is 1.15. The zero-order chi connectivity index (χ0) is 23.3. The average molecular weight is 464 g/mol. The third-order valence-corrected chi connectivity index (χ3v) is 7.40. The number of hydrogen-bond donors (Lipinski definition) is 3. The zero-order valence-corrected chi connectivity index (χ0v) is 19.0. The van der Waals surface area contributed by atoms with Gasteiger partial charge in [-0.3, -0.25) is 4.79 Å². The van der Waals surface area contributed by atoms with Gasteiger partial charge in [-0.15, -0.1) is 0 Å². The number of alkyl halides is 2. The number of halogens is 2. The van der Waals surface area contributed by atoms with E-state index in [9.17, 15) is 18.4 Å². The summed E-state index contributed by atoms with van der Waals surface area (Å²) in [5.41, 5.74) is 1.73. The molecule has 1 aromatic rings. The van der Waals surface area contributed by atoms with Crippen LogP contribution in [0.15, 0.2) is 0 Å². The molecule has 5 rings (SSSR count). The highest BCUT2D eigenvalue weighted by Gasteiger charge is 2.40. The molecule has 0 unspecified atom stereocenters. The van der Waals surface area contributed by atoms with Crippen molar-refractivity contribution in [3.05, 3.63) is 5.69 Å². The summed E-state index contributed by atoms with van der Waals surface area (Å²) in [5, 5.41) is 9.14. The summed E-state index contributed by atoms with van der Waals surface area (Å²) in [4.78, 5) is 38.0. The lowest BCUT2D eigenvalue weighted by atomic mass is 9.87. The Bertz CT molecular complexity index is 943. The third-order valence-electron chi connectivity index (χ3n) is 7.40. The monoisotopic (exact) mass is 463 g/mol. The van der Waals surface area contributed by atoms with E-state index in [-0.39, 0.29) is 48.9 Å². The van der Waals surface area contributed by atoms with Gasteiger partial charge in [0.2, 0.25) is 17.8 Å². The second-order valence-electron chi connectivity index (χ2n) is 9.80. The maximum absolute atomic E-state index is 13.3. The largest absolute Gasteiger partial charge is 0.351 e. The Kier molecular flexibility index (Phi) is 5.52. The van der Waals surface area contributed by atoms with Crippen LogP contribution in [0, 0.1) is 0 Å². The normalized spacial score (nSPS) is 28.6. The van der Waals surface area contributed by atoms with Gasteiger partial charge in [0.25, 0.3) is 0 Å². The van der Waals surface area contributed by atoms with Gasteiger partial charge >= 0.3 is 6.03 Å². The zero-order valence-electron chi connectivity index (χ0n) is 19.0. The van der Waals surface area contributed by atoms with Crippen molar-refractivity contribution in [2.45, 2.75) is 88.4 Å². The van der Waals surface area contributed by atoms with Crippen LogP contribution < -0.4 is 25.8 Å². The lowest BCUT2D eigenvalue weighted by Gasteiger charge is -2.42. The first kappa shape index (κ1) is 22.1.